The van der Waals surface area contributed by atoms with Crippen LogP contribution in [-0.2, 0) is 4.79 Å². The zero-order chi connectivity index (χ0) is 12.8. The Hall–Kier alpha value is -0.610. The van der Waals surface area contributed by atoms with E-state index in [1.165, 1.54) is 38.5 Å². The third-order valence-corrected chi connectivity index (χ3v) is 4.23. The number of likely N-dealkylation sites (tertiary alicyclic amines) is 2. The molecule has 2 heterocycles. The zero-order valence-electron chi connectivity index (χ0n) is 11.7. The summed E-state index contributed by atoms with van der Waals surface area (Å²) in [5, 5.41) is 3.33. The van der Waals surface area contributed by atoms with Crippen LogP contribution in [-0.4, -0.2) is 61.5 Å². The van der Waals surface area contributed by atoms with Gasteiger partial charge in [0.05, 0.1) is 6.54 Å². The van der Waals surface area contributed by atoms with E-state index in [-0.39, 0.29) is 0 Å². The third-order valence-electron chi connectivity index (χ3n) is 4.23. The van der Waals surface area contributed by atoms with Gasteiger partial charge < -0.3 is 10.2 Å². The highest BCUT2D eigenvalue weighted by atomic mass is 16.2. The first-order chi connectivity index (χ1) is 8.79. The lowest BCUT2D eigenvalue weighted by atomic mass is 10.1. The summed E-state index contributed by atoms with van der Waals surface area (Å²) in [5.74, 6) is 0.341. The number of hydrogen-bond acceptors (Lipinski definition) is 3. The molecule has 4 nitrogen and oxygen atoms in total. The average Bonchev–Trinajstić information content (AvgIpc) is 2.68. The van der Waals surface area contributed by atoms with Crippen molar-refractivity contribution in [2.24, 2.45) is 0 Å². The molecule has 18 heavy (non-hydrogen) atoms. The fourth-order valence-corrected chi connectivity index (χ4v) is 3.05. The van der Waals surface area contributed by atoms with Gasteiger partial charge in [-0.3, -0.25) is 9.69 Å². The molecule has 0 saturated carbocycles. The summed E-state index contributed by atoms with van der Waals surface area (Å²) in [5.41, 5.74) is 0. The van der Waals surface area contributed by atoms with Crippen molar-refractivity contribution in [1.82, 2.24) is 15.1 Å². The molecule has 2 saturated heterocycles. The quantitative estimate of drug-likeness (QED) is 0.817. The second-order valence-corrected chi connectivity index (χ2v) is 5.66. The molecule has 2 fully saturated rings. The van der Waals surface area contributed by atoms with Crippen LogP contribution in [0.25, 0.3) is 0 Å². The Morgan fingerprint density at radius 1 is 1.11 bits per heavy atom. The molecular weight excluding hydrogens is 226 g/mol. The van der Waals surface area contributed by atoms with Crippen LogP contribution in [0, 0.1) is 0 Å². The minimum atomic E-state index is 0.341. The molecule has 2 aliphatic rings. The Balaban J connectivity index is 1.78. The van der Waals surface area contributed by atoms with Crippen LogP contribution in [0.2, 0.25) is 0 Å². The number of likely N-dealkylation sites (N-methyl/N-ethyl adjacent to an activating group) is 1. The summed E-state index contributed by atoms with van der Waals surface area (Å²) in [6, 6.07) is 0.565. The van der Waals surface area contributed by atoms with Gasteiger partial charge in [-0.1, -0.05) is 12.8 Å². The number of amides is 1. The van der Waals surface area contributed by atoms with E-state index in [0.29, 0.717) is 18.5 Å². The van der Waals surface area contributed by atoms with E-state index < -0.39 is 0 Å². The summed E-state index contributed by atoms with van der Waals surface area (Å²) >= 11 is 0. The molecule has 0 aromatic carbocycles. The number of piperidine rings is 1. The van der Waals surface area contributed by atoms with Gasteiger partial charge in [0.15, 0.2) is 0 Å². The molecule has 0 aliphatic carbocycles. The van der Waals surface area contributed by atoms with Gasteiger partial charge in [0, 0.05) is 25.7 Å². The number of hydrogen-bond donors (Lipinski definition) is 1. The summed E-state index contributed by atoms with van der Waals surface area (Å²) in [7, 11) is 2.02. The van der Waals surface area contributed by atoms with E-state index in [9.17, 15) is 4.79 Å². The molecule has 1 N–H and O–H groups in total. The maximum absolute atomic E-state index is 12.3. The van der Waals surface area contributed by atoms with E-state index in [1.807, 2.05) is 7.05 Å². The van der Waals surface area contributed by atoms with E-state index in [1.54, 1.807) is 0 Å². The van der Waals surface area contributed by atoms with Crippen molar-refractivity contribution >= 4 is 5.91 Å². The molecule has 104 valence electrons. The van der Waals surface area contributed by atoms with Crippen molar-refractivity contribution < 1.29 is 4.79 Å². The van der Waals surface area contributed by atoms with E-state index in [4.69, 9.17) is 0 Å². The molecule has 2 rings (SSSR count). The first-order valence-corrected chi connectivity index (χ1v) is 7.47. The van der Waals surface area contributed by atoms with Crippen molar-refractivity contribution in [2.75, 3.05) is 39.8 Å². The van der Waals surface area contributed by atoms with Gasteiger partial charge >= 0.3 is 0 Å². The van der Waals surface area contributed by atoms with Crippen molar-refractivity contribution in [3.63, 3.8) is 0 Å². The largest absolute Gasteiger partial charge is 0.342 e. The van der Waals surface area contributed by atoms with Crippen molar-refractivity contribution in [3.8, 4) is 0 Å². The van der Waals surface area contributed by atoms with Crippen LogP contribution in [0.4, 0.5) is 0 Å². The average molecular weight is 253 g/mol. The van der Waals surface area contributed by atoms with Gasteiger partial charge in [-0.15, -0.1) is 0 Å². The Morgan fingerprint density at radius 3 is 2.50 bits per heavy atom. The molecular formula is C14H27N3O. The van der Waals surface area contributed by atoms with Gasteiger partial charge in [0.2, 0.25) is 5.91 Å². The fraction of sp³-hybridized carbons (Fsp3) is 0.929. The minimum Gasteiger partial charge on any atom is -0.342 e. The van der Waals surface area contributed by atoms with Crippen LogP contribution in [0.1, 0.15) is 38.5 Å². The standard InChI is InChI=1S/C14H27N3O/c1-15-13-7-6-8-16(11-13)12-14(18)17-9-4-2-3-5-10-17/h13,15H,2-12H2,1H3. The predicted molar refractivity (Wildman–Crippen MR) is 73.6 cm³/mol. The monoisotopic (exact) mass is 253 g/mol. The molecule has 0 radical (unpaired) electrons. The molecule has 2 aliphatic heterocycles. The van der Waals surface area contributed by atoms with Gasteiger partial charge in [0.25, 0.3) is 0 Å². The lowest BCUT2D eigenvalue weighted by molar-refractivity contribution is -0.132. The van der Waals surface area contributed by atoms with Crippen LogP contribution in [0.15, 0.2) is 0 Å². The van der Waals surface area contributed by atoms with Crippen LogP contribution >= 0.6 is 0 Å². The first-order valence-electron chi connectivity index (χ1n) is 7.47. The molecule has 1 atom stereocenters. The minimum absolute atomic E-state index is 0.341. The van der Waals surface area contributed by atoms with Crippen LogP contribution in [0.5, 0.6) is 0 Å². The first kappa shape index (κ1) is 13.8. The van der Waals surface area contributed by atoms with E-state index in [2.05, 4.69) is 15.1 Å². The molecule has 0 bridgehead atoms. The van der Waals surface area contributed by atoms with Gasteiger partial charge in [-0.05, 0) is 39.3 Å². The summed E-state index contributed by atoms with van der Waals surface area (Å²) < 4.78 is 0. The number of nitrogens with zero attached hydrogens (tertiary/aromatic N) is 2. The highest BCUT2D eigenvalue weighted by Crippen LogP contribution is 2.12. The van der Waals surface area contributed by atoms with Crippen molar-refractivity contribution in [3.05, 3.63) is 0 Å². The summed E-state index contributed by atoms with van der Waals surface area (Å²) in [4.78, 5) is 16.7. The number of rotatable bonds is 3. The number of carbonyl (C=O) groups excluding carboxylic acids is 1. The van der Waals surface area contributed by atoms with E-state index in [0.717, 1.165) is 26.2 Å². The topological polar surface area (TPSA) is 35.6 Å². The fourth-order valence-electron chi connectivity index (χ4n) is 3.05. The molecule has 0 spiro atoms. The molecule has 1 unspecified atom stereocenters. The molecule has 1 amide bonds. The highest BCUT2D eigenvalue weighted by molar-refractivity contribution is 5.78. The highest BCUT2D eigenvalue weighted by Gasteiger charge is 2.23. The predicted octanol–water partition coefficient (Wildman–Crippen LogP) is 1.07. The van der Waals surface area contributed by atoms with E-state index >= 15 is 0 Å². The second kappa shape index (κ2) is 7.10. The summed E-state index contributed by atoms with van der Waals surface area (Å²) in [6.45, 7) is 4.68. The van der Waals surface area contributed by atoms with Gasteiger partial charge in [0.1, 0.15) is 0 Å². The van der Waals surface area contributed by atoms with Gasteiger partial charge in [-0.2, -0.15) is 0 Å². The maximum Gasteiger partial charge on any atom is 0.236 e. The Bertz CT molecular complexity index is 262. The molecule has 4 heteroatoms. The SMILES string of the molecule is CNC1CCCN(CC(=O)N2CCCCCC2)C1. The maximum atomic E-state index is 12.3. The smallest absolute Gasteiger partial charge is 0.236 e. The van der Waals surface area contributed by atoms with Crippen LogP contribution in [0.3, 0.4) is 0 Å². The second-order valence-electron chi connectivity index (χ2n) is 5.66. The summed E-state index contributed by atoms with van der Waals surface area (Å²) in [6.07, 6.45) is 7.39. The Labute approximate surface area is 111 Å². The Kier molecular flexibility index (Phi) is 5.45. The number of carbonyl (C=O) groups is 1. The normalized spacial score (nSPS) is 26.9. The zero-order valence-corrected chi connectivity index (χ0v) is 11.7. The van der Waals surface area contributed by atoms with Crippen LogP contribution < -0.4 is 5.32 Å². The lowest BCUT2D eigenvalue weighted by Crippen LogP contribution is -2.48. The van der Waals surface area contributed by atoms with Gasteiger partial charge in [-0.25, -0.2) is 0 Å². The number of nitrogens with one attached hydrogen (secondary N) is 1. The lowest BCUT2D eigenvalue weighted by Gasteiger charge is -2.33. The molecule has 0 aromatic heterocycles. The Morgan fingerprint density at radius 2 is 1.83 bits per heavy atom. The molecule has 0 aromatic rings. The van der Waals surface area contributed by atoms with Crippen molar-refractivity contribution in [2.45, 2.75) is 44.6 Å². The third kappa shape index (κ3) is 3.95. The van der Waals surface area contributed by atoms with Crippen molar-refractivity contribution in [1.29, 1.82) is 0 Å².